The Morgan fingerprint density at radius 1 is 1.29 bits per heavy atom. The number of hydrogen-bond donors (Lipinski definition) is 0. The number of benzene rings is 1. The summed E-state index contributed by atoms with van der Waals surface area (Å²) < 4.78 is 6.26. The molecule has 1 aromatic heterocycles. The Kier molecular flexibility index (Phi) is 4.28. The second-order valence-electron chi connectivity index (χ2n) is 3.72. The maximum Gasteiger partial charge on any atom is 0.120 e. The molecule has 1 heterocycles. The minimum Gasteiger partial charge on any atom is -0.497 e. The van der Waals surface area contributed by atoms with Crippen LogP contribution in [0, 0.1) is 6.92 Å². The van der Waals surface area contributed by atoms with Crippen molar-refractivity contribution < 1.29 is 4.74 Å². The minimum atomic E-state index is 0.225. The highest BCUT2D eigenvalue weighted by molar-refractivity contribution is 9.11. The first-order chi connectivity index (χ1) is 8.13. The molecule has 0 radical (unpaired) electrons. The lowest BCUT2D eigenvalue weighted by molar-refractivity contribution is 0.414. The highest BCUT2D eigenvalue weighted by Crippen LogP contribution is 2.40. The number of halogens is 2. The summed E-state index contributed by atoms with van der Waals surface area (Å²) in [5, 5.41) is 2.12. The lowest BCUT2D eigenvalue weighted by Crippen LogP contribution is -1.94. The van der Waals surface area contributed by atoms with E-state index in [1.807, 2.05) is 12.1 Å². The molecular formula is C13H12Br2OS. The molecule has 90 valence electrons. The van der Waals surface area contributed by atoms with Gasteiger partial charge in [0.05, 0.1) is 11.9 Å². The average molecular weight is 376 g/mol. The molecule has 0 saturated carbocycles. The summed E-state index contributed by atoms with van der Waals surface area (Å²) in [6.45, 7) is 2.14. The SMILES string of the molecule is COc1ccc(C(Br)c2sccc2C)c(Br)c1. The van der Waals surface area contributed by atoms with Gasteiger partial charge in [0.15, 0.2) is 0 Å². The van der Waals surface area contributed by atoms with Crippen LogP contribution in [-0.2, 0) is 0 Å². The molecular weight excluding hydrogens is 364 g/mol. The number of rotatable bonds is 3. The molecule has 2 rings (SSSR count). The van der Waals surface area contributed by atoms with Crippen LogP contribution in [0.1, 0.15) is 20.8 Å². The Morgan fingerprint density at radius 2 is 2.06 bits per heavy atom. The quantitative estimate of drug-likeness (QED) is 0.660. The van der Waals surface area contributed by atoms with Crippen molar-refractivity contribution >= 4 is 43.2 Å². The van der Waals surface area contributed by atoms with E-state index in [2.05, 4.69) is 56.3 Å². The number of alkyl halides is 1. The minimum absolute atomic E-state index is 0.225. The zero-order valence-electron chi connectivity index (χ0n) is 9.54. The van der Waals surface area contributed by atoms with Crippen molar-refractivity contribution in [3.05, 3.63) is 50.1 Å². The Balaban J connectivity index is 2.38. The molecule has 1 nitrogen and oxygen atoms in total. The zero-order chi connectivity index (χ0) is 12.4. The van der Waals surface area contributed by atoms with E-state index < -0.39 is 0 Å². The molecule has 2 aromatic rings. The van der Waals surface area contributed by atoms with Gasteiger partial charge in [-0.2, -0.15) is 0 Å². The molecule has 1 atom stereocenters. The third-order valence-corrected chi connectivity index (χ3v) is 5.64. The van der Waals surface area contributed by atoms with Crippen LogP contribution in [0.2, 0.25) is 0 Å². The Bertz CT molecular complexity index is 522. The topological polar surface area (TPSA) is 9.23 Å². The number of methoxy groups -OCH3 is 1. The Morgan fingerprint density at radius 3 is 2.59 bits per heavy atom. The largest absolute Gasteiger partial charge is 0.497 e. The van der Waals surface area contributed by atoms with Crippen molar-refractivity contribution in [2.24, 2.45) is 0 Å². The van der Waals surface area contributed by atoms with Gasteiger partial charge in [-0.25, -0.2) is 0 Å². The van der Waals surface area contributed by atoms with E-state index in [4.69, 9.17) is 4.74 Å². The maximum atomic E-state index is 5.20. The fraction of sp³-hybridized carbons (Fsp3) is 0.231. The summed E-state index contributed by atoms with van der Waals surface area (Å²) in [5.74, 6) is 0.864. The van der Waals surface area contributed by atoms with Crippen LogP contribution in [0.15, 0.2) is 34.1 Å². The summed E-state index contributed by atoms with van der Waals surface area (Å²) in [7, 11) is 1.68. The molecule has 0 amide bonds. The van der Waals surface area contributed by atoms with Gasteiger partial charge in [0.2, 0.25) is 0 Å². The lowest BCUT2D eigenvalue weighted by Gasteiger charge is -2.13. The molecule has 1 unspecified atom stereocenters. The van der Waals surface area contributed by atoms with Crippen LogP contribution >= 0.6 is 43.2 Å². The second-order valence-corrected chi connectivity index (χ2v) is 6.44. The van der Waals surface area contributed by atoms with E-state index >= 15 is 0 Å². The number of ether oxygens (including phenoxy) is 1. The number of thiophene rings is 1. The van der Waals surface area contributed by atoms with Crippen LogP contribution in [0.5, 0.6) is 5.75 Å². The van der Waals surface area contributed by atoms with E-state index in [-0.39, 0.29) is 4.83 Å². The second kappa shape index (κ2) is 5.55. The molecule has 17 heavy (non-hydrogen) atoms. The first kappa shape index (κ1) is 13.1. The normalized spacial score (nSPS) is 12.5. The standard InChI is InChI=1S/C13H12Br2OS/c1-8-5-6-17-13(8)12(15)10-4-3-9(16-2)7-11(10)14/h3-7,12H,1-2H3. The van der Waals surface area contributed by atoms with Crippen LogP contribution in [-0.4, -0.2) is 7.11 Å². The number of hydrogen-bond acceptors (Lipinski definition) is 2. The van der Waals surface area contributed by atoms with Crippen molar-refractivity contribution in [2.75, 3.05) is 7.11 Å². The molecule has 0 fully saturated rings. The highest BCUT2D eigenvalue weighted by Gasteiger charge is 2.17. The third-order valence-electron chi connectivity index (χ3n) is 2.61. The third kappa shape index (κ3) is 2.75. The van der Waals surface area contributed by atoms with Gasteiger partial charge in [0.25, 0.3) is 0 Å². The van der Waals surface area contributed by atoms with Gasteiger partial charge in [-0.05, 0) is 41.6 Å². The maximum absolute atomic E-state index is 5.20. The molecule has 0 N–H and O–H groups in total. The summed E-state index contributed by atoms with van der Waals surface area (Å²) in [6.07, 6.45) is 0. The van der Waals surface area contributed by atoms with Gasteiger partial charge < -0.3 is 4.74 Å². The van der Waals surface area contributed by atoms with Gasteiger partial charge in [0.1, 0.15) is 5.75 Å². The van der Waals surface area contributed by atoms with E-state index in [0.717, 1.165) is 10.2 Å². The smallest absolute Gasteiger partial charge is 0.120 e. The molecule has 1 aromatic carbocycles. The number of aryl methyl sites for hydroxylation is 1. The average Bonchev–Trinajstić information content (AvgIpc) is 2.74. The molecule has 0 aliphatic rings. The van der Waals surface area contributed by atoms with Gasteiger partial charge in [-0.3, -0.25) is 0 Å². The first-order valence-corrected chi connectivity index (χ1v) is 7.74. The van der Waals surface area contributed by atoms with E-state index in [1.165, 1.54) is 16.0 Å². The lowest BCUT2D eigenvalue weighted by atomic mass is 10.1. The van der Waals surface area contributed by atoms with Crippen LogP contribution in [0.3, 0.4) is 0 Å². The van der Waals surface area contributed by atoms with Crippen molar-refractivity contribution in [2.45, 2.75) is 11.8 Å². The Labute approximate surface area is 122 Å². The molecule has 0 spiro atoms. The molecule has 0 bridgehead atoms. The molecule has 0 saturated heterocycles. The monoisotopic (exact) mass is 374 g/mol. The predicted octanol–water partition coefficient (Wildman–Crippen LogP) is 5.31. The van der Waals surface area contributed by atoms with Crippen molar-refractivity contribution in [1.82, 2.24) is 0 Å². The van der Waals surface area contributed by atoms with Crippen molar-refractivity contribution in [1.29, 1.82) is 0 Å². The Hall–Kier alpha value is -0.320. The molecule has 4 heteroatoms. The van der Waals surface area contributed by atoms with Gasteiger partial charge in [-0.1, -0.05) is 37.9 Å². The molecule has 0 aliphatic carbocycles. The van der Waals surface area contributed by atoms with E-state index in [9.17, 15) is 0 Å². The van der Waals surface area contributed by atoms with Gasteiger partial charge >= 0.3 is 0 Å². The van der Waals surface area contributed by atoms with Crippen LogP contribution < -0.4 is 4.74 Å². The fourth-order valence-electron chi connectivity index (χ4n) is 1.63. The predicted molar refractivity (Wildman–Crippen MR) is 80.5 cm³/mol. The van der Waals surface area contributed by atoms with E-state index in [1.54, 1.807) is 18.4 Å². The van der Waals surface area contributed by atoms with Crippen molar-refractivity contribution in [3.63, 3.8) is 0 Å². The van der Waals surface area contributed by atoms with Crippen molar-refractivity contribution in [3.8, 4) is 5.75 Å². The van der Waals surface area contributed by atoms with Crippen LogP contribution in [0.25, 0.3) is 0 Å². The molecule has 0 aliphatic heterocycles. The van der Waals surface area contributed by atoms with Gasteiger partial charge in [-0.15, -0.1) is 11.3 Å². The summed E-state index contributed by atoms with van der Waals surface area (Å²) in [5.41, 5.74) is 2.54. The highest BCUT2D eigenvalue weighted by atomic mass is 79.9. The first-order valence-electron chi connectivity index (χ1n) is 5.15. The van der Waals surface area contributed by atoms with Crippen LogP contribution in [0.4, 0.5) is 0 Å². The summed E-state index contributed by atoms with van der Waals surface area (Å²) >= 11 is 9.13. The summed E-state index contributed by atoms with van der Waals surface area (Å²) in [6, 6.07) is 8.21. The fourth-order valence-corrected chi connectivity index (χ4v) is 4.52. The van der Waals surface area contributed by atoms with E-state index in [0.29, 0.717) is 0 Å². The summed E-state index contributed by atoms with van der Waals surface area (Å²) in [4.78, 5) is 1.57. The zero-order valence-corrected chi connectivity index (χ0v) is 13.5. The van der Waals surface area contributed by atoms with Gasteiger partial charge in [0, 0.05) is 9.35 Å².